The van der Waals surface area contributed by atoms with Crippen molar-refractivity contribution in [2.45, 2.75) is 58.1 Å². The van der Waals surface area contributed by atoms with Gasteiger partial charge in [0.05, 0.1) is 6.10 Å². The molecule has 2 N–H and O–H groups in total. The van der Waals surface area contributed by atoms with E-state index in [1.165, 1.54) is 45.3 Å². The minimum atomic E-state index is -0.0430. The summed E-state index contributed by atoms with van der Waals surface area (Å²) in [6.45, 7) is 9.34. The van der Waals surface area contributed by atoms with Crippen molar-refractivity contribution in [2.75, 3.05) is 26.2 Å². The molecule has 0 aromatic carbocycles. The van der Waals surface area contributed by atoms with Crippen molar-refractivity contribution < 1.29 is 5.11 Å². The highest BCUT2D eigenvalue weighted by molar-refractivity contribution is 4.82. The predicted molar refractivity (Wildman–Crippen MR) is 75.7 cm³/mol. The van der Waals surface area contributed by atoms with Gasteiger partial charge in [-0.15, -0.1) is 0 Å². The SMILES string of the molecule is CC(C)CN1CCC(NCC2CCCC2O)CC1. The summed E-state index contributed by atoms with van der Waals surface area (Å²) in [6, 6.07) is 0.682. The maximum absolute atomic E-state index is 9.81. The molecule has 1 saturated heterocycles. The lowest BCUT2D eigenvalue weighted by Gasteiger charge is -2.34. The van der Waals surface area contributed by atoms with Crippen LogP contribution in [-0.2, 0) is 0 Å². The molecule has 0 aromatic rings. The maximum Gasteiger partial charge on any atom is 0.0580 e. The topological polar surface area (TPSA) is 35.5 Å². The first kappa shape index (κ1) is 14.3. The molecule has 106 valence electrons. The number of aliphatic hydroxyl groups excluding tert-OH is 1. The van der Waals surface area contributed by atoms with Gasteiger partial charge in [-0.25, -0.2) is 0 Å². The van der Waals surface area contributed by atoms with Crippen LogP contribution < -0.4 is 5.32 Å². The molecule has 0 aromatic heterocycles. The fraction of sp³-hybridized carbons (Fsp3) is 1.00. The van der Waals surface area contributed by atoms with Gasteiger partial charge < -0.3 is 15.3 Å². The molecule has 0 spiro atoms. The normalized spacial score (nSPS) is 31.3. The van der Waals surface area contributed by atoms with Crippen molar-refractivity contribution in [1.82, 2.24) is 10.2 Å². The summed E-state index contributed by atoms with van der Waals surface area (Å²) in [5, 5.41) is 13.5. The largest absolute Gasteiger partial charge is 0.393 e. The van der Waals surface area contributed by atoms with E-state index in [9.17, 15) is 5.11 Å². The van der Waals surface area contributed by atoms with Gasteiger partial charge in [0.15, 0.2) is 0 Å². The second-order valence-electron chi connectivity index (χ2n) is 6.64. The minimum Gasteiger partial charge on any atom is -0.393 e. The van der Waals surface area contributed by atoms with E-state index in [0.717, 1.165) is 18.9 Å². The van der Waals surface area contributed by atoms with E-state index in [0.29, 0.717) is 12.0 Å². The van der Waals surface area contributed by atoms with E-state index in [2.05, 4.69) is 24.1 Å². The number of piperidine rings is 1. The van der Waals surface area contributed by atoms with Crippen molar-refractivity contribution in [3.8, 4) is 0 Å². The van der Waals surface area contributed by atoms with Crippen LogP contribution in [0.1, 0.15) is 46.0 Å². The number of hydrogen-bond acceptors (Lipinski definition) is 3. The first-order valence-electron chi connectivity index (χ1n) is 7.79. The minimum absolute atomic E-state index is 0.0430. The molecule has 3 heteroatoms. The van der Waals surface area contributed by atoms with E-state index < -0.39 is 0 Å². The smallest absolute Gasteiger partial charge is 0.0580 e. The molecule has 0 bridgehead atoms. The highest BCUT2D eigenvalue weighted by Crippen LogP contribution is 2.25. The van der Waals surface area contributed by atoms with E-state index in [-0.39, 0.29) is 6.10 Å². The van der Waals surface area contributed by atoms with Gasteiger partial charge in [-0.2, -0.15) is 0 Å². The number of nitrogens with zero attached hydrogens (tertiary/aromatic N) is 1. The Balaban J connectivity index is 1.61. The van der Waals surface area contributed by atoms with Gasteiger partial charge >= 0.3 is 0 Å². The molecular formula is C15H30N2O. The average Bonchev–Trinajstić information content (AvgIpc) is 2.73. The fourth-order valence-corrected chi connectivity index (χ4v) is 3.41. The van der Waals surface area contributed by atoms with E-state index >= 15 is 0 Å². The fourth-order valence-electron chi connectivity index (χ4n) is 3.41. The third-order valence-corrected chi connectivity index (χ3v) is 4.50. The number of aliphatic hydroxyl groups is 1. The number of likely N-dealkylation sites (tertiary alicyclic amines) is 1. The number of nitrogens with one attached hydrogen (secondary N) is 1. The van der Waals surface area contributed by atoms with E-state index in [1.807, 2.05) is 0 Å². The first-order chi connectivity index (χ1) is 8.65. The van der Waals surface area contributed by atoms with Crippen LogP contribution in [0.5, 0.6) is 0 Å². The van der Waals surface area contributed by atoms with Crippen LogP contribution in [0.15, 0.2) is 0 Å². The van der Waals surface area contributed by atoms with Crippen LogP contribution in [0.25, 0.3) is 0 Å². The molecule has 2 aliphatic rings. The number of hydrogen-bond donors (Lipinski definition) is 2. The Labute approximate surface area is 112 Å². The van der Waals surface area contributed by atoms with Crippen LogP contribution in [0.2, 0.25) is 0 Å². The Morgan fingerprint density at radius 3 is 2.44 bits per heavy atom. The zero-order valence-electron chi connectivity index (χ0n) is 12.1. The van der Waals surface area contributed by atoms with Crippen LogP contribution >= 0.6 is 0 Å². The Morgan fingerprint density at radius 1 is 1.17 bits per heavy atom. The molecule has 18 heavy (non-hydrogen) atoms. The van der Waals surface area contributed by atoms with Crippen LogP contribution in [-0.4, -0.2) is 48.3 Å². The summed E-state index contributed by atoms with van der Waals surface area (Å²) in [4.78, 5) is 2.59. The van der Waals surface area contributed by atoms with Gasteiger partial charge in [-0.05, 0) is 50.6 Å². The van der Waals surface area contributed by atoms with Crippen molar-refractivity contribution >= 4 is 0 Å². The molecule has 1 aliphatic carbocycles. The number of rotatable bonds is 5. The monoisotopic (exact) mass is 254 g/mol. The van der Waals surface area contributed by atoms with Crippen molar-refractivity contribution in [3.63, 3.8) is 0 Å². The lowest BCUT2D eigenvalue weighted by molar-refractivity contribution is 0.124. The van der Waals surface area contributed by atoms with Crippen molar-refractivity contribution in [2.24, 2.45) is 11.8 Å². The summed E-state index contributed by atoms with van der Waals surface area (Å²) < 4.78 is 0. The van der Waals surface area contributed by atoms with Crippen molar-refractivity contribution in [3.05, 3.63) is 0 Å². The third-order valence-electron chi connectivity index (χ3n) is 4.50. The maximum atomic E-state index is 9.81. The molecule has 2 atom stereocenters. The standard InChI is InChI=1S/C15H30N2O/c1-12(2)11-17-8-6-14(7-9-17)16-10-13-4-3-5-15(13)18/h12-16,18H,3-11H2,1-2H3. The summed E-state index contributed by atoms with van der Waals surface area (Å²) in [5.74, 6) is 1.29. The first-order valence-corrected chi connectivity index (χ1v) is 7.79. The van der Waals surface area contributed by atoms with Gasteiger partial charge in [-0.3, -0.25) is 0 Å². The Kier molecular flexibility index (Phi) is 5.46. The highest BCUT2D eigenvalue weighted by Gasteiger charge is 2.26. The van der Waals surface area contributed by atoms with Gasteiger partial charge in [0.2, 0.25) is 0 Å². The highest BCUT2D eigenvalue weighted by atomic mass is 16.3. The van der Waals surface area contributed by atoms with Gasteiger partial charge in [-0.1, -0.05) is 20.3 Å². The second-order valence-corrected chi connectivity index (χ2v) is 6.64. The summed E-state index contributed by atoms with van der Waals surface area (Å²) in [7, 11) is 0. The zero-order chi connectivity index (χ0) is 13.0. The lowest BCUT2D eigenvalue weighted by atomic mass is 10.0. The van der Waals surface area contributed by atoms with Crippen molar-refractivity contribution in [1.29, 1.82) is 0 Å². The van der Waals surface area contributed by atoms with Crippen LogP contribution in [0.3, 0.4) is 0 Å². The zero-order valence-corrected chi connectivity index (χ0v) is 12.1. The van der Waals surface area contributed by atoms with Gasteiger partial charge in [0.1, 0.15) is 0 Å². The average molecular weight is 254 g/mol. The molecule has 2 fully saturated rings. The quantitative estimate of drug-likeness (QED) is 0.786. The van der Waals surface area contributed by atoms with Gasteiger partial charge in [0.25, 0.3) is 0 Å². The molecular weight excluding hydrogens is 224 g/mol. The molecule has 0 radical (unpaired) electrons. The van der Waals surface area contributed by atoms with E-state index in [1.54, 1.807) is 0 Å². The lowest BCUT2D eigenvalue weighted by Crippen LogP contribution is -2.45. The summed E-state index contributed by atoms with van der Waals surface area (Å²) in [6.07, 6.45) is 5.93. The van der Waals surface area contributed by atoms with Gasteiger partial charge in [0, 0.05) is 19.1 Å². The molecule has 1 aliphatic heterocycles. The van der Waals surface area contributed by atoms with E-state index in [4.69, 9.17) is 0 Å². The predicted octanol–water partition coefficient (Wildman–Crippen LogP) is 1.86. The molecule has 3 nitrogen and oxygen atoms in total. The summed E-state index contributed by atoms with van der Waals surface area (Å²) in [5.41, 5.74) is 0. The Morgan fingerprint density at radius 2 is 1.89 bits per heavy atom. The van der Waals surface area contributed by atoms with Crippen LogP contribution in [0.4, 0.5) is 0 Å². The Hall–Kier alpha value is -0.120. The molecule has 2 rings (SSSR count). The summed E-state index contributed by atoms with van der Waals surface area (Å²) >= 11 is 0. The molecule has 1 saturated carbocycles. The third kappa shape index (κ3) is 4.22. The molecule has 2 unspecified atom stereocenters. The molecule has 0 amide bonds. The second kappa shape index (κ2) is 6.88. The van der Waals surface area contributed by atoms with Crippen LogP contribution in [0, 0.1) is 11.8 Å². The molecule has 1 heterocycles. The Bertz CT molecular complexity index is 237.